The van der Waals surface area contributed by atoms with Gasteiger partial charge in [0.05, 0.1) is 0 Å². The third-order valence-electron chi connectivity index (χ3n) is 2.66. The molecule has 5 heteroatoms. The van der Waals surface area contributed by atoms with E-state index in [2.05, 4.69) is 25.4 Å². The van der Waals surface area contributed by atoms with E-state index in [0.717, 1.165) is 6.42 Å². The van der Waals surface area contributed by atoms with Crippen molar-refractivity contribution in [1.82, 2.24) is 0 Å². The molecular formula is C9H15Br2O2Sn. The summed E-state index contributed by atoms with van der Waals surface area (Å²) in [6.07, 6.45) is 3.41. The summed E-state index contributed by atoms with van der Waals surface area (Å²) in [4.78, 5) is 11.6. The van der Waals surface area contributed by atoms with Crippen molar-refractivity contribution in [3.8, 4) is 0 Å². The van der Waals surface area contributed by atoms with Gasteiger partial charge in [0.2, 0.25) is 0 Å². The van der Waals surface area contributed by atoms with Gasteiger partial charge in [0.25, 0.3) is 0 Å². The second-order valence-corrected chi connectivity index (χ2v) is 26.7. The number of halogens is 2. The summed E-state index contributed by atoms with van der Waals surface area (Å²) in [5.41, 5.74) is 0. The van der Waals surface area contributed by atoms with Crippen molar-refractivity contribution in [2.75, 3.05) is 6.61 Å². The van der Waals surface area contributed by atoms with Crippen LogP contribution < -0.4 is 0 Å². The molecule has 2 unspecified atom stereocenters. The Hall–Kier alpha value is 1.23. The number of esters is 1. The van der Waals surface area contributed by atoms with Gasteiger partial charge in [-0.3, -0.25) is 0 Å². The third kappa shape index (κ3) is 4.00. The zero-order valence-corrected chi connectivity index (χ0v) is 14.3. The Morgan fingerprint density at radius 3 is 2.79 bits per heavy atom. The van der Waals surface area contributed by atoms with E-state index >= 15 is 0 Å². The Bertz CT molecular complexity index is 199. The second kappa shape index (κ2) is 6.73. The molecular weight excluding hydrogens is 419 g/mol. The molecule has 1 fully saturated rings. The van der Waals surface area contributed by atoms with Crippen LogP contribution in [0.2, 0.25) is 4.44 Å². The van der Waals surface area contributed by atoms with E-state index in [-0.39, 0.29) is 11.9 Å². The molecule has 0 spiro atoms. The van der Waals surface area contributed by atoms with Gasteiger partial charge < -0.3 is 0 Å². The molecule has 1 aliphatic rings. The number of carbonyl (C=O) groups is 1. The maximum atomic E-state index is 11.6. The summed E-state index contributed by atoms with van der Waals surface area (Å²) < 4.78 is 6.29. The Labute approximate surface area is 104 Å². The normalized spacial score (nSPS) is 26.9. The van der Waals surface area contributed by atoms with Crippen molar-refractivity contribution in [2.45, 2.75) is 30.6 Å². The quantitative estimate of drug-likeness (QED) is 0.503. The van der Waals surface area contributed by atoms with Crippen LogP contribution in [-0.4, -0.2) is 27.9 Å². The van der Waals surface area contributed by atoms with Gasteiger partial charge in [-0.05, 0) is 0 Å². The zero-order valence-electron chi connectivity index (χ0n) is 8.26. The van der Waals surface area contributed by atoms with E-state index < -0.39 is 15.3 Å². The zero-order chi connectivity index (χ0) is 10.6. The summed E-state index contributed by atoms with van der Waals surface area (Å²) in [6, 6.07) is 0. The van der Waals surface area contributed by atoms with Crippen molar-refractivity contribution >= 4 is 46.7 Å². The van der Waals surface area contributed by atoms with E-state index in [0.29, 0.717) is 12.5 Å². The summed E-state index contributed by atoms with van der Waals surface area (Å²) in [6.45, 7) is 2.38. The monoisotopic (exact) mass is 433 g/mol. The molecule has 81 valence electrons. The van der Waals surface area contributed by atoms with Crippen LogP contribution in [0.25, 0.3) is 0 Å². The van der Waals surface area contributed by atoms with Crippen LogP contribution in [0.1, 0.15) is 26.2 Å². The minimum absolute atomic E-state index is 0.0274. The second-order valence-electron chi connectivity index (χ2n) is 3.59. The van der Waals surface area contributed by atoms with Gasteiger partial charge in [-0.15, -0.1) is 0 Å². The minimum atomic E-state index is -1.41. The van der Waals surface area contributed by atoms with Crippen molar-refractivity contribution in [3.63, 3.8) is 0 Å². The molecule has 1 radical (unpaired) electrons. The molecule has 0 aromatic heterocycles. The Morgan fingerprint density at radius 2 is 2.21 bits per heavy atom. The van der Waals surface area contributed by atoms with Crippen LogP contribution in [0, 0.1) is 11.8 Å². The third-order valence-corrected chi connectivity index (χ3v) is 9.39. The maximum absolute atomic E-state index is 11.6. The van der Waals surface area contributed by atoms with Crippen molar-refractivity contribution < 1.29 is 9.53 Å². The molecule has 14 heavy (non-hydrogen) atoms. The molecule has 2 nitrogen and oxygen atoms in total. The first-order valence-electron chi connectivity index (χ1n) is 4.98. The van der Waals surface area contributed by atoms with E-state index in [1.807, 2.05) is 6.92 Å². The van der Waals surface area contributed by atoms with Crippen molar-refractivity contribution in [2.24, 2.45) is 11.8 Å². The average Bonchev–Trinajstić information content (AvgIpc) is 2.51. The first-order valence-corrected chi connectivity index (χ1v) is 19.8. The predicted octanol–water partition coefficient (Wildman–Crippen LogP) is 3.24. The first kappa shape index (κ1) is 13.3. The summed E-state index contributed by atoms with van der Waals surface area (Å²) in [5.74, 6) is 0.780. The molecule has 2 atom stereocenters. The fourth-order valence-corrected chi connectivity index (χ4v) is 10.1. The van der Waals surface area contributed by atoms with Crippen LogP contribution >= 0.6 is 25.4 Å². The molecule has 0 bridgehead atoms. The molecule has 0 aliphatic heterocycles. The van der Waals surface area contributed by atoms with Gasteiger partial charge in [0.15, 0.2) is 0 Å². The van der Waals surface area contributed by atoms with E-state index in [4.69, 9.17) is 4.74 Å². The topological polar surface area (TPSA) is 26.3 Å². The fraction of sp³-hybridized carbons (Fsp3) is 0.889. The summed E-state index contributed by atoms with van der Waals surface area (Å²) in [5, 5.41) is 0. The fourth-order valence-electron chi connectivity index (χ4n) is 2.04. The molecule has 0 amide bonds. The van der Waals surface area contributed by atoms with Crippen LogP contribution in [0.5, 0.6) is 0 Å². The van der Waals surface area contributed by atoms with Gasteiger partial charge in [0.1, 0.15) is 0 Å². The average molecular weight is 434 g/mol. The Kier molecular flexibility index (Phi) is 6.39. The number of rotatable bonds is 4. The van der Waals surface area contributed by atoms with Crippen LogP contribution in [0.15, 0.2) is 0 Å². The van der Waals surface area contributed by atoms with Gasteiger partial charge >= 0.3 is 105 Å². The standard InChI is InChI=1S/C9H15O2.2BrH.Sn/c1-3-11-9(10)8-6-4-5-7(8)2;;;/h7-8H,2-6H2,1H3;2*1H;/q;;;+2/p-2. The molecule has 1 saturated carbocycles. The molecule has 0 saturated heterocycles. The molecule has 1 rings (SSSR count). The van der Waals surface area contributed by atoms with Gasteiger partial charge in [-0.25, -0.2) is 0 Å². The number of hydrogen-bond acceptors (Lipinski definition) is 2. The van der Waals surface area contributed by atoms with E-state index in [9.17, 15) is 4.79 Å². The van der Waals surface area contributed by atoms with Gasteiger partial charge in [0, 0.05) is 0 Å². The first-order chi connectivity index (χ1) is 6.65. The van der Waals surface area contributed by atoms with Gasteiger partial charge in [-0.2, -0.15) is 0 Å². The predicted molar refractivity (Wildman–Crippen MR) is 65.9 cm³/mol. The molecule has 0 N–H and O–H groups in total. The number of ether oxygens (including phenoxy) is 1. The number of hydrogen-bond donors (Lipinski definition) is 0. The molecule has 0 heterocycles. The summed E-state index contributed by atoms with van der Waals surface area (Å²) >= 11 is 5.91. The molecule has 1 aliphatic carbocycles. The SMILES string of the molecule is CCOC(=O)C1CCCC1[CH2][Sn]([Br])[Br]. The van der Waals surface area contributed by atoms with Crippen molar-refractivity contribution in [3.05, 3.63) is 0 Å². The van der Waals surface area contributed by atoms with E-state index in [1.54, 1.807) is 0 Å². The number of carbonyl (C=O) groups excluding carboxylic acids is 1. The van der Waals surface area contributed by atoms with Gasteiger partial charge in [-0.1, -0.05) is 0 Å². The molecule has 0 aromatic rings. The summed E-state index contributed by atoms with van der Waals surface area (Å²) in [7, 11) is 0. The Balaban J connectivity index is 2.46. The van der Waals surface area contributed by atoms with Crippen LogP contribution in [0.4, 0.5) is 0 Å². The van der Waals surface area contributed by atoms with Crippen LogP contribution in [0.3, 0.4) is 0 Å². The molecule has 0 aromatic carbocycles. The van der Waals surface area contributed by atoms with Crippen molar-refractivity contribution in [1.29, 1.82) is 0 Å². The Morgan fingerprint density at radius 1 is 1.50 bits per heavy atom. The van der Waals surface area contributed by atoms with Crippen LogP contribution in [-0.2, 0) is 9.53 Å². The van der Waals surface area contributed by atoms with E-state index in [1.165, 1.54) is 17.3 Å².